The van der Waals surface area contributed by atoms with Crippen molar-refractivity contribution in [1.29, 1.82) is 0 Å². The lowest BCUT2D eigenvalue weighted by Crippen LogP contribution is -1.95. The van der Waals surface area contributed by atoms with Crippen LogP contribution in [0.25, 0.3) is 16.8 Å². The summed E-state index contributed by atoms with van der Waals surface area (Å²) in [6, 6.07) is 17.7. The smallest absolute Gasteiger partial charge is 0.236 e. The van der Waals surface area contributed by atoms with Crippen LogP contribution >= 0.6 is 11.8 Å². The van der Waals surface area contributed by atoms with Gasteiger partial charge in [-0.3, -0.25) is 9.20 Å². The Morgan fingerprint density at radius 1 is 1.00 bits per heavy atom. The van der Waals surface area contributed by atoms with Crippen LogP contribution in [0.5, 0.6) is 0 Å². The summed E-state index contributed by atoms with van der Waals surface area (Å²) in [6.45, 7) is 6.26. The molecule has 0 aliphatic carbocycles. The zero-order chi connectivity index (χ0) is 18.3. The second-order valence-corrected chi connectivity index (χ2v) is 7.56. The van der Waals surface area contributed by atoms with Crippen LogP contribution < -0.4 is 0 Å². The normalized spacial score (nSPS) is 11.5. The van der Waals surface area contributed by atoms with Gasteiger partial charge in [-0.1, -0.05) is 56.3 Å². The van der Waals surface area contributed by atoms with Crippen LogP contribution in [0.2, 0.25) is 0 Å². The van der Waals surface area contributed by atoms with Crippen molar-refractivity contribution in [2.75, 3.05) is 0 Å². The Balaban J connectivity index is 1.85. The van der Waals surface area contributed by atoms with Crippen LogP contribution in [0.15, 0.2) is 59.6 Å². The summed E-state index contributed by atoms with van der Waals surface area (Å²) in [5, 5.41) is 0.835. The summed E-state index contributed by atoms with van der Waals surface area (Å²) in [5.74, 6) is 1.08. The minimum Gasteiger partial charge on any atom is -0.281 e. The third-order valence-electron chi connectivity index (χ3n) is 4.44. The molecule has 0 unspecified atom stereocenters. The molecule has 0 radical (unpaired) electrons. The number of aromatic nitrogens is 3. The number of rotatable bonds is 3. The first-order valence-corrected chi connectivity index (χ1v) is 9.42. The highest BCUT2D eigenvalue weighted by molar-refractivity contribution is 8.14. The first-order valence-electron chi connectivity index (χ1n) is 8.60. The minimum atomic E-state index is 0.00743. The zero-order valence-corrected chi connectivity index (χ0v) is 15.7. The Hall–Kier alpha value is -2.66. The lowest BCUT2D eigenvalue weighted by atomic mass is 10.1. The maximum atomic E-state index is 12.7. The third-order valence-corrected chi connectivity index (χ3v) is 5.53. The van der Waals surface area contributed by atoms with Crippen molar-refractivity contribution in [2.45, 2.75) is 31.7 Å². The summed E-state index contributed by atoms with van der Waals surface area (Å²) in [7, 11) is 0. The van der Waals surface area contributed by atoms with Crippen LogP contribution in [0, 0.1) is 6.92 Å². The van der Waals surface area contributed by atoms with Crippen molar-refractivity contribution in [3.05, 3.63) is 71.4 Å². The summed E-state index contributed by atoms with van der Waals surface area (Å²) >= 11 is 1.21. The summed E-state index contributed by atoms with van der Waals surface area (Å²) in [6.07, 6.45) is 0. The van der Waals surface area contributed by atoms with E-state index in [0.717, 1.165) is 21.8 Å². The maximum absolute atomic E-state index is 12.7. The van der Waals surface area contributed by atoms with Crippen LogP contribution in [0.4, 0.5) is 0 Å². The van der Waals surface area contributed by atoms with Gasteiger partial charge in [0.2, 0.25) is 10.9 Å². The van der Waals surface area contributed by atoms with Gasteiger partial charge in [-0.05, 0) is 42.3 Å². The van der Waals surface area contributed by atoms with E-state index in [4.69, 9.17) is 0 Å². The van der Waals surface area contributed by atoms with E-state index >= 15 is 0 Å². The molecule has 0 saturated heterocycles. The lowest BCUT2D eigenvalue weighted by Gasteiger charge is -2.02. The molecule has 0 bridgehead atoms. The van der Waals surface area contributed by atoms with Gasteiger partial charge in [-0.2, -0.15) is 0 Å². The molecular weight excluding hydrogens is 342 g/mol. The second kappa shape index (κ2) is 6.57. The quantitative estimate of drug-likeness (QED) is 0.468. The highest BCUT2D eigenvalue weighted by Gasteiger charge is 2.19. The Labute approximate surface area is 156 Å². The monoisotopic (exact) mass is 361 g/mol. The van der Waals surface area contributed by atoms with Gasteiger partial charge in [0, 0.05) is 5.56 Å². The third kappa shape index (κ3) is 2.88. The molecule has 0 aliphatic heterocycles. The average molecular weight is 361 g/mol. The number of carbonyl (C=O) groups is 1. The molecule has 4 aromatic rings. The predicted molar refractivity (Wildman–Crippen MR) is 106 cm³/mol. The molecule has 26 heavy (non-hydrogen) atoms. The van der Waals surface area contributed by atoms with E-state index in [1.54, 1.807) is 0 Å². The largest absolute Gasteiger partial charge is 0.281 e. The molecule has 5 heteroatoms. The SMILES string of the molecule is Cc1nc2nc3ccc(C(C)C)ccc3n2c1SC(=O)c1ccccc1. The molecule has 2 aromatic carbocycles. The molecule has 0 saturated carbocycles. The number of hydrogen-bond donors (Lipinski definition) is 0. The second-order valence-electron chi connectivity index (χ2n) is 6.60. The molecule has 0 fully saturated rings. The molecule has 0 aliphatic rings. The van der Waals surface area contributed by atoms with Crippen molar-refractivity contribution in [2.24, 2.45) is 0 Å². The minimum absolute atomic E-state index is 0.00743. The molecule has 0 atom stereocenters. The molecule has 4 rings (SSSR count). The number of hydrogen-bond acceptors (Lipinski definition) is 4. The summed E-state index contributed by atoms with van der Waals surface area (Å²) in [4.78, 5) is 21.9. The van der Waals surface area contributed by atoms with Crippen molar-refractivity contribution < 1.29 is 4.79 Å². The van der Waals surface area contributed by atoms with E-state index in [0.29, 0.717) is 17.3 Å². The van der Waals surface area contributed by atoms with Gasteiger partial charge in [0.05, 0.1) is 16.7 Å². The van der Waals surface area contributed by atoms with E-state index in [-0.39, 0.29) is 5.12 Å². The van der Waals surface area contributed by atoms with E-state index in [2.05, 4.69) is 42.0 Å². The van der Waals surface area contributed by atoms with Crippen molar-refractivity contribution in [1.82, 2.24) is 14.4 Å². The highest BCUT2D eigenvalue weighted by atomic mass is 32.2. The Bertz CT molecular complexity index is 1120. The summed E-state index contributed by atoms with van der Waals surface area (Å²) < 4.78 is 1.99. The number of imidazole rings is 2. The number of benzene rings is 1. The van der Waals surface area contributed by atoms with Crippen LogP contribution in [-0.2, 0) is 0 Å². The average Bonchev–Trinajstić information content (AvgIpc) is 3.02. The fourth-order valence-electron chi connectivity index (χ4n) is 2.99. The predicted octanol–water partition coefficient (Wildman–Crippen LogP) is 5.25. The van der Waals surface area contributed by atoms with E-state index < -0.39 is 0 Å². The van der Waals surface area contributed by atoms with Gasteiger partial charge >= 0.3 is 0 Å². The lowest BCUT2D eigenvalue weighted by molar-refractivity contribution is 0.108. The van der Waals surface area contributed by atoms with Crippen molar-refractivity contribution in [3.63, 3.8) is 0 Å². The number of thioether (sulfide) groups is 1. The molecule has 0 spiro atoms. The Morgan fingerprint density at radius 3 is 2.46 bits per heavy atom. The van der Waals surface area contributed by atoms with Gasteiger partial charge in [0.1, 0.15) is 5.03 Å². The van der Waals surface area contributed by atoms with E-state index in [1.165, 1.54) is 17.3 Å². The van der Waals surface area contributed by atoms with Gasteiger partial charge < -0.3 is 0 Å². The van der Waals surface area contributed by atoms with Gasteiger partial charge in [0.15, 0.2) is 0 Å². The Kier molecular flexibility index (Phi) is 4.24. The first kappa shape index (κ1) is 16.8. The molecule has 4 nitrogen and oxygen atoms in total. The highest BCUT2D eigenvalue weighted by Crippen LogP contribution is 2.30. The fourth-order valence-corrected chi connectivity index (χ4v) is 3.88. The molecule has 130 valence electrons. The number of nitrogens with zero attached hydrogens (tertiary/aromatic N) is 3. The first-order chi connectivity index (χ1) is 12.5. The topological polar surface area (TPSA) is 47.3 Å². The number of carbonyl (C=O) groups excluding carboxylic acids is 1. The standard InChI is InChI=1S/C21H19N3OS/c1-13(2)15-9-11-17-18(12-10-15)24-19(14(3)22-21(24)23-17)26-20(25)16-7-5-4-6-8-16/h4-13H,1-3H3. The van der Waals surface area contributed by atoms with Gasteiger partial charge in [0.25, 0.3) is 0 Å². The van der Waals surface area contributed by atoms with E-state index in [1.807, 2.05) is 47.7 Å². The van der Waals surface area contributed by atoms with Crippen LogP contribution in [0.1, 0.15) is 41.4 Å². The van der Waals surface area contributed by atoms with Gasteiger partial charge in [-0.15, -0.1) is 0 Å². The molecule has 2 aromatic heterocycles. The van der Waals surface area contributed by atoms with Crippen LogP contribution in [0.3, 0.4) is 0 Å². The molecular formula is C21H19N3OS. The molecule has 0 N–H and O–H groups in total. The van der Waals surface area contributed by atoms with Gasteiger partial charge in [-0.25, -0.2) is 9.97 Å². The van der Waals surface area contributed by atoms with Crippen LogP contribution in [-0.4, -0.2) is 19.5 Å². The fraction of sp³-hybridized carbons (Fsp3) is 0.190. The molecule has 2 heterocycles. The van der Waals surface area contributed by atoms with Crippen molar-refractivity contribution in [3.8, 4) is 0 Å². The van der Waals surface area contributed by atoms with E-state index in [9.17, 15) is 4.79 Å². The summed E-state index contributed by atoms with van der Waals surface area (Å²) in [5.41, 5.74) is 4.61. The number of aryl methyl sites for hydroxylation is 1. The zero-order valence-electron chi connectivity index (χ0n) is 14.9. The maximum Gasteiger partial charge on any atom is 0.236 e. The molecule has 0 amide bonds. The van der Waals surface area contributed by atoms with Crippen molar-refractivity contribution >= 4 is 33.7 Å². The Morgan fingerprint density at radius 2 is 1.73 bits per heavy atom. The number of fused-ring (bicyclic) bond motifs is 3.